The smallest absolute Gasteiger partial charge is 0.185 e. The van der Waals surface area contributed by atoms with Crippen molar-refractivity contribution >= 4 is 11.9 Å². The predicted octanol–water partition coefficient (Wildman–Crippen LogP) is 4.79. The van der Waals surface area contributed by atoms with Gasteiger partial charge in [0.2, 0.25) is 0 Å². The van der Waals surface area contributed by atoms with Gasteiger partial charge in [0.15, 0.2) is 17.3 Å². The van der Waals surface area contributed by atoms with Crippen LogP contribution in [-0.2, 0) is 0 Å². The molecule has 0 radical (unpaired) electrons. The van der Waals surface area contributed by atoms with Gasteiger partial charge < -0.3 is 14.9 Å². The lowest BCUT2D eigenvalue weighted by Gasteiger charge is -2.08. The number of phenolic OH excluding ortho intramolecular Hbond substituents is 2. The van der Waals surface area contributed by atoms with Crippen molar-refractivity contribution in [2.75, 3.05) is 0 Å². The summed E-state index contributed by atoms with van der Waals surface area (Å²) in [5.41, 5.74) is 1.48. The average molecular weight is 332 g/mol. The quantitative estimate of drug-likeness (QED) is 0.401. The van der Waals surface area contributed by atoms with Crippen molar-refractivity contribution in [1.29, 1.82) is 0 Å². The topological polar surface area (TPSA) is 66.8 Å². The molecular weight excluding hydrogens is 316 g/mol. The first-order valence-electron chi connectivity index (χ1n) is 7.69. The number of aromatic hydroxyl groups is 2. The molecule has 3 aromatic carbocycles. The number of ketones is 1. The van der Waals surface area contributed by atoms with Gasteiger partial charge in [0.25, 0.3) is 0 Å². The van der Waals surface area contributed by atoms with E-state index >= 15 is 0 Å². The number of rotatable bonds is 5. The van der Waals surface area contributed by atoms with Gasteiger partial charge in [0, 0.05) is 11.6 Å². The van der Waals surface area contributed by atoms with E-state index in [1.165, 1.54) is 24.3 Å². The van der Waals surface area contributed by atoms with E-state index in [0.29, 0.717) is 11.3 Å². The van der Waals surface area contributed by atoms with E-state index in [1.54, 1.807) is 42.5 Å². The number of benzene rings is 3. The van der Waals surface area contributed by atoms with Crippen LogP contribution in [0.5, 0.6) is 23.0 Å². The second-order valence-electron chi connectivity index (χ2n) is 5.39. The van der Waals surface area contributed by atoms with Gasteiger partial charge in [-0.3, -0.25) is 4.79 Å². The zero-order valence-electron chi connectivity index (χ0n) is 13.3. The van der Waals surface area contributed by atoms with E-state index in [9.17, 15) is 15.0 Å². The molecule has 0 bridgehead atoms. The van der Waals surface area contributed by atoms with Gasteiger partial charge in [-0.15, -0.1) is 0 Å². The highest BCUT2D eigenvalue weighted by Gasteiger charge is 2.05. The predicted molar refractivity (Wildman–Crippen MR) is 96.1 cm³/mol. The Morgan fingerprint density at radius 3 is 2.32 bits per heavy atom. The molecule has 0 aliphatic rings. The molecule has 0 atom stereocenters. The zero-order chi connectivity index (χ0) is 17.6. The summed E-state index contributed by atoms with van der Waals surface area (Å²) in [6, 6.07) is 20.1. The molecule has 0 spiro atoms. The van der Waals surface area contributed by atoms with Crippen LogP contribution in [0.25, 0.3) is 6.08 Å². The second kappa shape index (κ2) is 7.36. The molecule has 3 rings (SSSR count). The third-order valence-electron chi connectivity index (χ3n) is 3.54. The Bertz CT molecular complexity index is 897. The molecule has 124 valence electrons. The van der Waals surface area contributed by atoms with Crippen LogP contribution in [0.4, 0.5) is 0 Å². The molecule has 2 N–H and O–H groups in total. The highest BCUT2D eigenvalue weighted by atomic mass is 16.5. The second-order valence-corrected chi connectivity index (χ2v) is 5.39. The monoisotopic (exact) mass is 332 g/mol. The minimum absolute atomic E-state index is 0.00628. The Hall–Kier alpha value is -3.53. The SMILES string of the molecule is O=C(/C=C/c1ccc(Oc2cc(O)ccc2O)cc1)c1ccccc1. The summed E-state index contributed by atoms with van der Waals surface area (Å²) in [6.07, 6.45) is 3.25. The Kier molecular flexibility index (Phi) is 4.81. The van der Waals surface area contributed by atoms with E-state index in [0.717, 1.165) is 5.56 Å². The lowest BCUT2D eigenvalue weighted by atomic mass is 10.1. The maximum Gasteiger partial charge on any atom is 0.185 e. The zero-order valence-corrected chi connectivity index (χ0v) is 13.3. The number of carbonyl (C=O) groups is 1. The van der Waals surface area contributed by atoms with Crippen LogP contribution in [-0.4, -0.2) is 16.0 Å². The molecule has 0 amide bonds. The van der Waals surface area contributed by atoms with Gasteiger partial charge in [0.1, 0.15) is 11.5 Å². The minimum Gasteiger partial charge on any atom is -0.508 e. The highest BCUT2D eigenvalue weighted by Crippen LogP contribution is 2.33. The largest absolute Gasteiger partial charge is 0.508 e. The van der Waals surface area contributed by atoms with Crippen molar-refractivity contribution in [2.24, 2.45) is 0 Å². The van der Waals surface area contributed by atoms with Crippen molar-refractivity contribution in [2.45, 2.75) is 0 Å². The van der Waals surface area contributed by atoms with Crippen LogP contribution in [0.15, 0.2) is 78.9 Å². The molecule has 0 aliphatic carbocycles. The van der Waals surface area contributed by atoms with E-state index in [2.05, 4.69) is 0 Å². The summed E-state index contributed by atoms with van der Waals surface area (Å²) in [4.78, 5) is 12.0. The number of hydrogen-bond donors (Lipinski definition) is 2. The van der Waals surface area contributed by atoms with Crippen LogP contribution in [0.2, 0.25) is 0 Å². The third kappa shape index (κ3) is 4.26. The summed E-state index contributed by atoms with van der Waals surface area (Å²) in [7, 11) is 0. The molecule has 4 heteroatoms. The summed E-state index contributed by atoms with van der Waals surface area (Å²) in [6.45, 7) is 0. The normalized spacial score (nSPS) is 10.7. The number of phenols is 2. The standard InChI is InChI=1S/C21H16O4/c22-17-9-13-20(24)21(14-17)25-18-10-6-15(7-11-18)8-12-19(23)16-4-2-1-3-5-16/h1-14,22,24H/b12-8+. The third-order valence-corrected chi connectivity index (χ3v) is 3.54. The van der Waals surface area contributed by atoms with E-state index in [1.807, 2.05) is 18.2 Å². The Morgan fingerprint density at radius 2 is 1.60 bits per heavy atom. The maximum absolute atomic E-state index is 12.0. The van der Waals surface area contributed by atoms with Gasteiger partial charge in [-0.25, -0.2) is 0 Å². The van der Waals surface area contributed by atoms with Crippen LogP contribution < -0.4 is 4.74 Å². The molecule has 0 fully saturated rings. The molecule has 0 aliphatic heterocycles. The summed E-state index contributed by atoms with van der Waals surface area (Å²) in [5, 5.41) is 19.2. The molecule has 0 unspecified atom stereocenters. The van der Waals surface area contributed by atoms with E-state index < -0.39 is 0 Å². The van der Waals surface area contributed by atoms with Crippen molar-refractivity contribution in [1.82, 2.24) is 0 Å². The first-order chi connectivity index (χ1) is 12.1. The molecule has 3 aromatic rings. The Labute approximate surface area is 145 Å². The Morgan fingerprint density at radius 1 is 0.880 bits per heavy atom. The molecule has 0 saturated carbocycles. The molecule has 0 saturated heterocycles. The fraction of sp³-hybridized carbons (Fsp3) is 0. The van der Waals surface area contributed by atoms with Crippen molar-refractivity contribution < 1.29 is 19.7 Å². The molecular formula is C21H16O4. The first-order valence-corrected chi connectivity index (χ1v) is 7.69. The van der Waals surface area contributed by atoms with Crippen molar-refractivity contribution in [3.63, 3.8) is 0 Å². The van der Waals surface area contributed by atoms with Crippen LogP contribution in [0.3, 0.4) is 0 Å². The van der Waals surface area contributed by atoms with E-state index in [-0.39, 0.29) is 23.0 Å². The average Bonchev–Trinajstić information content (AvgIpc) is 2.64. The fourth-order valence-electron chi connectivity index (χ4n) is 2.23. The molecule has 25 heavy (non-hydrogen) atoms. The number of allylic oxidation sites excluding steroid dienone is 1. The van der Waals surface area contributed by atoms with Crippen LogP contribution in [0, 0.1) is 0 Å². The van der Waals surface area contributed by atoms with Crippen LogP contribution in [0.1, 0.15) is 15.9 Å². The van der Waals surface area contributed by atoms with Gasteiger partial charge in [-0.1, -0.05) is 48.5 Å². The molecule has 4 nitrogen and oxygen atoms in total. The fourth-order valence-corrected chi connectivity index (χ4v) is 2.23. The Balaban J connectivity index is 1.69. The number of ether oxygens (including phenoxy) is 1. The minimum atomic E-state index is -0.0643. The van der Waals surface area contributed by atoms with Crippen molar-refractivity contribution in [3.05, 3.63) is 90.0 Å². The maximum atomic E-state index is 12.0. The van der Waals surface area contributed by atoms with Gasteiger partial charge in [-0.05, 0) is 35.9 Å². The lowest BCUT2D eigenvalue weighted by molar-refractivity contribution is 0.104. The summed E-state index contributed by atoms with van der Waals surface area (Å²) >= 11 is 0. The lowest BCUT2D eigenvalue weighted by Crippen LogP contribution is -1.92. The van der Waals surface area contributed by atoms with Gasteiger partial charge in [-0.2, -0.15) is 0 Å². The molecule has 0 heterocycles. The number of hydrogen-bond acceptors (Lipinski definition) is 4. The molecule has 0 aromatic heterocycles. The van der Waals surface area contributed by atoms with Gasteiger partial charge in [0.05, 0.1) is 0 Å². The summed E-state index contributed by atoms with van der Waals surface area (Å²) in [5.74, 6) is 0.558. The van der Waals surface area contributed by atoms with E-state index in [4.69, 9.17) is 4.74 Å². The highest BCUT2D eigenvalue weighted by molar-refractivity contribution is 6.06. The van der Waals surface area contributed by atoms with Crippen molar-refractivity contribution in [3.8, 4) is 23.0 Å². The van der Waals surface area contributed by atoms with Crippen LogP contribution >= 0.6 is 0 Å². The summed E-state index contributed by atoms with van der Waals surface area (Å²) < 4.78 is 5.54. The van der Waals surface area contributed by atoms with Gasteiger partial charge >= 0.3 is 0 Å². The number of carbonyl (C=O) groups excluding carboxylic acids is 1. The first kappa shape index (κ1) is 16.3.